The zero-order valence-corrected chi connectivity index (χ0v) is 8.26. The van der Waals surface area contributed by atoms with Gasteiger partial charge in [0.05, 0.1) is 12.5 Å². The molecule has 1 heterocycles. The molecule has 0 saturated heterocycles. The molecule has 1 aromatic rings. The van der Waals surface area contributed by atoms with Crippen LogP contribution in [-0.2, 0) is 6.54 Å². The first kappa shape index (κ1) is 9.68. The first-order valence-electron chi connectivity index (χ1n) is 4.13. The van der Waals surface area contributed by atoms with Crippen LogP contribution in [0.15, 0.2) is 23.0 Å². The topological polar surface area (TPSA) is 16.4 Å². The van der Waals surface area contributed by atoms with E-state index in [-0.39, 0.29) is 0 Å². The summed E-state index contributed by atoms with van der Waals surface area (Å²) in [5, 5.41) is 0. The minimum absolute atomic E-state index is 0.954. The van der Waals surface area contributed by atoms with E-state index in [0.717, 1.165) is 25.3 Å². The molecule has 0 radical (unpaired) electrons. The summed E-state index contributed by atoms with van der Waals surface area (Å²) in [7, 11) is 2.11. The van der Waals surface area contributed by atoms with Crippen molar-refractivity contribution in [1.29, 1.82) is 0 Å². The predicted molar refractivity (Wildman–Crippen MR) is 53.5 cm³/mol. The quantitative estimate of drug-likeness (QED) is 0.707. The van der Waals surface area contributed by atoms with Crippen LogP contribution in [0.5, 0.6) is 0 Å². The molecule has 0 fully saturated rings. The molecule has 0 aliphatic rings. The lowest BCUT2D eigenvalue weighted by Gasteiger charge is -2.14. The molecule has 0 amide bonds. The number of hydrogen-bond acceptors (Lipinski definition) is 3. The third-order valence-corrected chi connectivity index (χ3v) is 2.05. The van der Waals surface area contributed by atoms with Crippen LogP contribution in [0.4, 0.5) is 0 Å². The van der Waals surface area contributed by atoms with Crippen LogP contribution >= 0.6 is 12.6 Å². The highest BCUT2D eigenvalue weighted by atomic mass is 32.1. The number of furan rings is 1. The smallest absolute Gasteiger partial charge is 0.0947 e. The normalized spacial score (nSPS) is 10.9. The fourth-order valence-electron chi connectivity index (χ4n) is 1.11. The van der Waals surface area contributed by atoms with Crippen molar-refractivity contribution >= 4 is 12.6 Å². The zero-order valence-electron chi connectivity index (χ0n) is 7.36. The van der Waals surface area contributed by atoms with E-state index in [1.165, 1.54) is 5.56 Å². The Morgan fingerprint density at radius 3 is 3.00 bits per heavy atom. The molecule has 0 atom stereocenters. The average molecular weight is 185 g/mol. The molecule has 0 N–H and O–H groups in total. The SMILES string of the molecule is CN(CCCS)Cc1ccoc1. The Balaban J connectivity index is 2.22. The van der Waals surface area contributed by atoms with E-state index in [0.29, 0.717) is 0 Å². The maximum absolute atomic E-state index is 4.98. The van der Waals surface area contributed by atoms with Gasteiger partial charge in [0, 0.05) is 12.1 Å². The molecule has 0 unspecified atom stereocenters. The van der Waals surface area contributed by atoms with E-state index in [2.05, 4.69) is 24.6 Å². The molecular formula is C9H15NOS. The second kappa shape index (κ2) is 5.27. The van der Waals surface area contributed by atoms with Gasteiger partial charge in [-0.1, -0.05) is 0 Å². The molecule has 3 heteroatoms. The minimum atomic E-state index is 0.954. The van der Waals surface area contributed by atoms with Crippen molar-refractivity contribution in [2.24, 2.45) is 0 Å². The Kier molecular flexibility index (Phi) is 4.25. The van der Waals surface area contributed by atoms with Gasteiger partial charge in [0.15, 0.2) is 0 Å². The van der Waals surface area contributed by atoms with Crippen molar-refractivity contribution in [2.45, 2.75) is 13.0 Å². The van der Waals surface area contributed by atoms with Gasteiger partial charge >= 0.3 is 0 Å². The zero-order chi connectivity index (χ0) is 8.81. The third kappa shape index (κ3) is 3.32. The molecule has 1 rings (SSSR count). The van der Waals surface area contributed by atoms with Gasteiger partial charge in [-0.3, -0.25) is 0 Å². The lowest BCUT2D eigenvalue weighted by atomic mass is 10.3. The Morgan fingerprint density at radius 2 is 2.42 bits per heavy atom. The van der Waals surface area contributed by atoms with Crippen molar-refractivity contribution in [3.05, 3.63) is 24.2 Å². The van der Waals surface area contributed by atoms with E-state index in [9.17, 15) is 0 Å². The second-order valence-electron chi connectivity index (χ2n) is 2.95. The van der Waals surface area contributed by atoms with Crippen LogP contribution in [0.25, 0.3) is 0 Å². The van der Waals surface area contributed by atoms with E-state index in [4.69, 9.17) is 4.42 Å². The van der Waals surface area contributed by atoms with Gasteiger partial charge in [0.25, 0.3) is 0 Å². The maximum Gasteiger partial charge on any atom is 0.0947 e. The van der Waals surface area contributed by atoms with E-state index in [1.807, 2.05) is 6.07 Å². The summed E-state index contributed by atoms with van der Waals surface area (Å²) in [6.07, 6.45) is 4.64. The minimum Gasteiger partial charge on any atom is -0.472 e. The molecule has 0 bridgehead atoms. The lowest BCUT2D eigenvalue weighted by molar-refractivity contribution is 0.327. The van der Waals surface area contributed by atoms with Gasteiger partial charge in [-0.15, -0.1) is 0 Å². The molecule has 0 aliphatic carbocycles. The van der Waals surface area contributed by atoms with Crippen molar-refractivity contribution in [2.75, 3.05) is 19.3 Å². The summed E-state index contributed by atoms with van der Waals surface area (Å²) < 4.78 is 4.98. The van der Waals surface area contributed by atoms with Gasteiger partial charge < -0.3 is 9.32 Å². The molecule has 0 aromatic carbocycles. The van der Waals surface area contributed by atoms with Crippen LogP contribution in [-0.4, -0.2) is 24.2 Å². The highest BCUT2D eigenvalue weighted by Gasteiger charge is 1.99. The molecule has 0 aliphatic heterocycles. The highest BCUT2D eigenvalue weighted by molar-refractivity contribution is 7.80. The monoisotopic (exact) mass is 185 g/mol. The van der Waals surface area contributed by atoms with Crippen molar-refractivity contribution < 1.29 is 4.42 Å². The summed E-state index contributed by atoms with van der Waals surface area (Å²) in [6.45, 7) is 2.05. The van der Waals surface area contributed by atoms with Crippen molar-refractivity contribution in [3.8, 4) is 0 Å². The van der Waals surface area contributed by atoms with Crippen LogP contribution in [0.1, 0.15) is 12.0 Å². The third-order valence-electron chi connectivity index (χ3n) is 1.73. The number of rotatable bonds is 5. The molecule has 1 aromatic heterocycles. The molecule has 2 nitrogen and oxygen atoms in total. The van der Waals surface area contributed by atoms with Crippen LogP contribution in [0.3, 0.4) is 0 Å². The summed E-state index contributed by atoms with van der Waals surface area (Å²) in [5.74, 6) is 0.954. The van der Waals surface area contributed by atoms with E-state index < -0.39 is 0 Å². The number of hydrogen-bond donors (Lipinski definition) is 1. The van der Waals surface area contributed by atoms with E-state index >= 15 is 0 Å². The van der Waals surface area contributed by atoms with Crippen molar-refractivity contribution in [1.82, 2.24) is 4.90 Å². The second-order valence-corrected chi connectivity index (χ2v) is 3.39. The molecular weight excluding hydrogens is 170 g/mol. The highest BCUT2D eigenvalue weighted by Crippen LogP contribution is 2.03. The fraction of sp³-hybridized carbons (Fsp3) is 0.556. The Hall–Kier alpha value is -0.410. The predicted octanol–water partition coefficient (Wildman–Crippen LogP) is 2.03. The summed E-state index contributed by atoms with van der Waals surface area (Å²) in [6, 6.07) is 2.00. The van der Waals surface area contributed by atoms with E-state index in [1.54, 1.807) is 12.5 Å². The van der Waals surface area contributed by atoms with Gasteiger partial charge in [-0.25, -0.2) is 0 Å². The van der Waals surface area contributed by atoms with Crippen LogP contribution in [0, 0.1) is 0 Å². The first-order valence-corrected chi connectivity index (χ1v) is 4.76. The van der Waals surface area contributed by atoms with Gasteiger partial charge in [-0.05, 0) is 31.8 Å². The van der Waals surface area contributed by atoms with Crippen LogP contribution < -0.4 is 0 Å². The maximum atomic E-state index is 4.98. The summed E-state index contributed by atoms with van der Waals surface area (Å²) >= 11 is 4.16. The molecule has 12 heavy (non-hydrogen) atoms. The molecule has 0 spiro atoms. The molecule has 68 valence electrons. The Morgan fingerprint density at radius 1 is 1.58 bits per heavy atom. The van der Waals surface area contributed by atoms with Crippen molar-refractivity contribution in [3.63, 3.8) is 0 Å². The van der Waals surface area contributed by atoms with Gasteiger partial charge in [-0.2, -0.15) is 12.6 Å². The number of nitrogens with zero attached hydrogens (tertiary/aromatic N) is 1. The average Bonchev–Trinajstić information content (AvgIpc) is 2.53. The van der Waals surface area contributed by atoms with Crippen LogP contribution in [0.2, 0.25) is 0 Å². The first-order chi connectivity index (χ1) is 5.83. The fourth-order valence-corrected chi connectivity index (χ4v) is 1.26. The standard InChI is InChI=1S/C9H15NOS/c1-10(4-2-6-12)7-9-3-5-11-8-9/h3,5,8,12H,2,4,6-7H2,1H3. The summed E-state index contributed by atoms with van der Waals surface area (Å²) in [4.78, 5) is 2.26. The number of thiol groups is 1. The van der Waals surface area contributed by atoms with Gasteiger partial charge in [0.1, 0.15) is 0 Å². The van der Waals surface area contributed by atoms with Gasteiger partial charge in [0.2, 0.25) is 0 Å². The molecule has 0 saturated carbocycles. The summed E-state index contributed by atoms with van der Waals surface area (Å²) in [5.41, 5.74) is 1.23. The Labute approximate surface area is 79.0 Å². The lowest BCUT2D eigenvalue weighted by Crippen LogP contribution is -2.18. The largest absolute Gasteiger partial charge is 0.472 e. The Bertz CT molecular complexity index is 198.